The van der Waals surface area contributed by atoms with Crippen LogP contribution in [-0.2, 0) is 20.0 Å². The number of nitrogens with one attached hydrogen (secondary N) is 2. The van der Waals surface area contributed by atoms with E-state index in [1.807, 2.05) is 0 Å². The molecule has 10 nitrogen and oxygen atoms in total. The molecule has 4 rings (SSSR count). The molecule has 6 N–H and O–H groups in total. The van der Waals surface area contributed by atoms with Gasteiger partial charge >= 0.3 is 0 Å². The van der Waals surface area contributed by atoms with Gasteiger partial charge in [0.15, 0.2) is 0 Å². The molecule has 0 radical (unpaired) electrons. The second-order valence-electron chi connectivity index (χ2n) is 9.70. The average Bonchev–Trinajstić information content (AvgIpc) is 2.89. The van der Waals surface area contributed by atoms with Crippen LogP contribution in [0.25, 0.3) is 0 Å². The van der Waals surface area contributed by atoms with Crippen molar-refractivity contribution < 1.29 is 26.4 Å². The first-order chi connectivity index (χ1) is 18.0. The molecule has 2 aromatic carbocycles. The van der Waals surface area contributed by atoms with Crippen molar-refractivity contribution in [1.29, 1.82) is 0 Å². The Kier molecular flexibility index (Phi) is 10.4. The third kappa shape index (κ3) is 8.62. The zero-order chi connectivity index (χ0) is 27.8. The number of carbonyl (C=O) groups is 2. The third-order valence-electron chi connectivity index (χ3n) is 6.76. The fraction of sp³-hybridized carbons (Fsp3) is 0.462. The van der Waals surface area contributed by atoms with Gasteiger partial charge in [-0.2, -0.15) is 0 Å². The highest BCUT2D eigenvalue weighted by Gasteiger charge is 2.23. The fourth-order valence-corrected chi connectivity index (χ4v) is 6.30. The minimum Gasteiger partial charge on any atom is -0.349 e. The molecule has 208 valence electrons. The second kappa shape index (κ2) is 13.3. The lowest BCUT2D eigenvalue weighted by atomic mass is 9.95. The SMILES string of the molecule is NS(=O)(=O)c1ccccc1C(=O)NC1CCCCC1.NS(=O)(=O)c1ccccc1C(=O)NC1CCCCC1. The minimum absolute atomic E-state index is 0.121. The molecule has 0 aromatic heterocycles. The van der Waals surface area contributed by atoms with Gasteiger partial charge < -0.3 is 10.6 Å². The Morgan fingerprint density at radius 2 is 0.895 bits per heavy atom. The summed E-state index contributed by atoms with van der Waals surface area (Å²) in [5.41, 5.74) is 0.242. The topological polar surface area (TPSA) is 179 Å². The molecule has 2 aliphatic rings. The summed E-state index contributed by atoms with van der Waals surface area (Å²) < 4.78 is 45.8. The van der Waals surface area contributed by atoms with Gasteiger partial charge in [0.05, 0.1) is 20.9 Å². The number of hydrogen-bond donors (Lipinski definition) is 4. The Bertz CT molecular complexity index is 1230. The van der Waals surface area contributed by atoms with Gasteiger partial charge in [-0.25, -0.2) is 27.1 Å². The number of hydrogen-bond acceptors (Lipinski definition) is 6. The van der Waals surface area contributed by atoms with Gasteiger partial charge in [-0.05, 0) is 49.9 Å². The molecule has 0 unspecified atom stereocenters. The molecule has 0 aliphatic heterocycles. The van der Waals surface area contributed by atoms with Crippen LogP contribution in [0.2, 0.25) is 0 Å². The highest BCUT2D eigenvalue weighted by molar-refractivity contribution is 7.89. The van der Waals surface area contributed by atoms with Gasteiger partial charge in [-0.1, -0.05) is 62.8 Å². The fourth-order valence-electron chi connectivity index (χ4n) is 4.82. The van der Waals surface area contributed by atoms with Crippen molar-refractivity contribution in [2.45, 2.75) is 86.1 Å². The Balaban J connectivity index is 0.000000211. The molecule has 0 atom stereocenters. The van der Waals surface area contributed by atoms with Gasteiger partial charge in [0.1, 0.15) is 0 Å². The molecule has 2 fully saturated rings. The number of benzene rings is 2. The number of carbonyl (C=O) groups excluding carboxylic acids is 2. The van der Waals surface area contributed by atoms with Crippen molar-refractivity contribution in [2.75, 3.05) is 0 Å². The monoisotopic (exact) mass is 564 g/mol. The zero-order valence-corrected chi connectivity index (χ0v) is 22.9. The van der Waals surface area contributed by atoms with E-state index in [-0.39, 0.29) is 44.8 Å². The molecule has 0 spiro atoms. The van der Waals surface area contributed by atoms with Crippen molar-refractivity contribution in [2.24, 2.45) is 10.3 Å². The van der Waals surface area contributed by atoms with Crippen LogP contribution in [0, 0.1) is 0 Å². The van der Waals surface area contributed by atoms with E-state index in [1.165, 1.54) is 37.1 Å². The van der Waals surface area contributed by atoms with Crippen LogP contribution >= 0.6 is 0 Å². The molecule has 0 heterocycles. The molecule has 2 aromatic rings. The van der Waals surface area contributed by atoms with Crippen LogP contribution in [0.15, 0.2) is 58.3 Å². The van der Waals surface area contributed by atoms with E-state index in [9.17, 15) is 26.4 Å². The number of sulfonamides is 2. The molecule has 0 bridgehead atoms. The summed E-state index contributed by atoms with van der Waals surface area (Å²) in [4.78, 5) is 24.1. The first kappa shape index (κ1) is 29.8. The Morgan fingerprint density at radius 3 is 1.21 bits per heavy atom. The molecular formula is C26H36N4O6S2. The van der Waals surface area contributed by atoms with Gasteiger partial charge in [0.2, 0.25) is 20.0 Å². The van der Waals surface area contributed by atoms with Crippen LogP contribution < -0.4 is 20.9 Å². The van der Waals surface area contributed by atoms with Crippen molar-refractivity contribution in [3.8, 4) is 0 Å². The second-order valence-corrected chi connectivity index (χ2v) is 12.8. The smallest absolute Gasteiger partial charge is 0.252 e. The van der Waals surface area contributed by atoms with Crippen molar-refractivity contribution in [1.82, 2.24) is 10.6 Å². The molecule has 2 saturated carbocycles. The molecule has 0 saturated heterocycles. The van der Waals surface area contributed by atoms with Crippen LogP contribution in [0.1, 0.15) is 84.9 Å². The molecule has 2 aliphatic carbocycles. The van der Waals surface area contributed by atoms with E-state index in [1.54, 1.807) is 24.3 Å². The van der Waals surface area contributed by atoms with E-state index in [0.29, 0.717) is 0 Å². The summed E-state index contributed by atoms with van der Waals surface area (Å²) in [7, 11) is -7.76. The van der Waals surface area contributed by atoms with Crippen LogP contribution in [-0.4, -0.2) is 40.7 Å². The van der Waals surface area contributed by atoms with Crippen LogP contribution in [0.3, 0.4) is 0 Å². The number of rotatable bonds is 6. The summed E-state index contributed by atoms with van der Waals surface area (Å²) in [5, 5.41) is 16.0. The van der Waals surface area contributed by atoms with Crippen LogP contribution in [0.5, 0.6) is 0 Å². The quantitative estimate of drug-likeness (QED) is 0.419. The molecule has 2 amide bonds. The van der Waals surface area contributed by atoms with E-state index in [2.05, 4.69) is 10.6 Å². The lowest BCUT2D eigenvalue weighted by Crippen LogP contribution is -2.37. The van der Waals surface area contributed by atoms with Gasteiger partial charge in [-0.15, -0.1) is 0 Å². The summed E-state index contributed by atoms with van der Waals surface area (Å²) >= 11 is 0. The van der Waals surface area contributed by atoms with Gasteiger partial charge in [0, 0.05) is 12.1 Å². The number of nitrogens with two attached hydrogens (primary N) is 2. The first-order valence-corrected chi connectivity index (χ1v) is 15.9. The predicted molar refractivity (Wildman–Crippen MR) is 144 cm³/mol. The van der Waals surface area contributed by atoms with E-state index >= 15 is 0 Å². The maximum Gasteiger partial charge on any atom is 0.252 e. The highest BCUT2D eigenvalue weighted by Crippen LogP contribution is 2.20. The van der Waals surface area contributed by atoms with Gasteiger partial charge in [-0.3, -0.25) is 9.59 Å². The average molecular weight is 565 g/mol. The minimum atomic E-state index is -3.88. The van der Waals surface area contributed by atoms with Crippen LogP contribution in [0.4, 0.5) is 0 Å². The number of primary sulfonamides is 2. The van der Waals surface area contributed by atoms with E-state index < -0.39 is 20.0 Å². The summed E-state index contributed by atoms with van der Waals surface area (Å²) in [6, 6.07) is 12.3. The lowest BCUT2D eigenvalue weighted by Gasteiger charge is -2.23. The van der Waals surface area contributed by atoms with Crippen molar-refractivity contribution in [3.05, 3.63) is 59.7 Å². The normalized spacial score (nSPS) is 17.1. The van der Waals surface area contributed by atoms with E-state index in [0.717, 1.165) is 51.4 Å². The molecule has 12 heteroatoms. The lowest BCUT2D eigenvalue weighted by molar-refractivity contribution is 0.0916. The van der Waals surface area contributed by atoms with Crippen molar-refractivity contribution >= 4 is 31.9 Å². The summed E-state index contributed by atoms with van der Waals surface area (Å²) in [6.45, 7) is 0. The number of amides is 2. The summed E-state index contributed by atoms with van der Waals surface area (Å²) in [5.74, 6) is -0.729. The summed E-state index contributed by atoms with van der Waals surface area (Å²) in [6.07, 6.45) is 10.6. The Labute approximate surface area is 224 Å². The third-order valence-corrected chi connectivity index (χ3v) is 8.70. The molecular weight excluding hydrogens is 528 g/mol. The van der Waals surface area contributed by atoms with E-state index in [4.69, 9.17) is 10.3 Å². The Morgan fingerprint density at radius 1 is 0.579 bits per heavy atom. The Hall–Kier alpha value is -2.80. The maximum absolute atomic E-state index is 12.1. The highest BCUT2D eigenvalue weighted by atomic mass is 32.2. The zero-order valence-electron chi connectivity index (χ0n) is 21.3. The standard InChI is InChI=1S/2C13H18N2O3S/c2*14-19(17,18)12-9-5-4-8-11(12)13(16)15-10-6-2-1-3-7-10/h2*4-5,8-10H,1-3,6-7H2,(H,15,16)(H2,14,17,18). The maximum atomic E-state index is 12.1. The predicted octanol–water partition coefficient (Wildman–Crippen LogP) is 2.79. The first-order valence-electron chi connectivity index (χ1n) is 12.8. The van der Waals surface area contributed by atoms with Gasteiger partial charge in [0.25, 0.3) is 11.8 Å². The van der Waals surface area contributed by atoms with Crippen molar-refractivity contribution in [3.63, 3.8) is 0 Å². The largest absolute Gasteiger partial charge is 0.349 e. The molecule has 38 heavy (non-hydrogen) atoms.